The lowest BCUT2D eigenvalue weighted by Crippen LogP contribution is -2.28. The van der Waals surface area contributed by atoms with Crippen LogP contribution in [0.3, 0.4) is 0 Å². The molecule has 0 amide bonds. The van der Waals surface area contributed by atoms with Gasteiger partial charge in [0.05, 0.1) is 0 Å². The minimum absolute atomic E-state index is 0.265. The molecule has 0 aromatic heterocycles. The summed E-state index contributed by atoms with van der Waals surface area (Å²) < 4.78 is 0. The highest BCUT2D eigenvalue weighted by Crippen LogP contribution is 2.31. The lowest BCUT2D eigenvalue weighted by molar-refractivity contribution is 0.464. The van der Waals surface area contributed by atoms with Crippen molar-refractivity contribution in [3.8, 4) is 5.75 Å². The van der Waals surface area contributed by atoms with E-state index in [1.807, 2.05) is 26.8 Å². The van der Waals surface area contributed by atoms with Gasteiger partial charge in [0.1, 0.15) is 5.75 Å². The van der Waals surface area contributed by atoms with Crippen LogP contribution in [0.15, 0.2) is 24.8 Å². The maximum atomic E-state index is 9.87. The number of aromatic hydroxyl groups is 1. The van der Waals surface area contributed by atoms with E-state index in [0.717, 1.165) is 16.8 Å². The fraction of sp³-hybridized carbons (Fsp3) is 0.357. The van der Waals surface area contributed by atoms with Crippen LogP contribution in [-0.4, -0.2) is 16.8 Å². The summed E-state index contributed by atoms with van der Waals surface area (Å²) in [5.41, 5.74) is 2.78. The van der Waals surface area contributed by atoms with E-state index in [0.29, 0.717) is 17.4 Å². The number of aryl methyl sites for hydroxylation is 1. The maximum Gasteiger partial charge on any atom is 0.171 e. The molecule has 3 nitrogen and oxygen atoms in total. The SMILES string of the molecule is C=CCNC(=S)Nc1cc(C(C)C)c(O)cc1C. The van der Waals surface area contributed by atoms with Crippen molar-refractivity contribution in [1.82, 2.24) is 5.32 Å². The van der Waals surface area contributed by atoms with Gasteiger partial charge >= 0.3 is 0 Å². The van der Waals surface area contributed by atoms with Gasteiger partial charge in [0, 0.05) is 12.2 Å². The molecule has 1 aromatic carbocycles. The van der Waals surface area contributed by atoms with E-state index in [9.17, 15) is 5.11 Å². The molecule has 0 radical (unpaired) electrons. The van der Waals surface area contributed by atoms with Crippen LogP contribution in [0.1, 0.15) is 30.9 Å². The van der Waals surface area contributed by atoms with Gasteiger partial charge in [0.2, 0.25) is 0 Å². The fourth-order valence-corrected chi connectivity index (χ4v) is 1.83. The molecular weight excluding hydrogens is 244 g/mol. The third-order valence-corrected chi connectivity index (χ3v) is 2.90. The molecule has 0 atom stereocenters. The zero-order valence-electron chi connectivity index (χ0n) is 11.1. The summed E-state index contributed by atoms with van der Waals surface area (Å²) in [6.07, 6.45) is 1.75. The molecule has 18 heavy (non-hydrogen) atoms. The minimum atomic E-state index is 0.265. The van der Waals surface area contributed by atoms with Gasteiger partial charge in [-0.3, -0.25) is 0 Å². The second-order valence-corrected chi connectivity index (χ2v) is 4.91. The van der Waals surface area contributed by atoms with Crippen LogP contribution in [-0.2, 0) is 0 Å². The molecule has 0 aliphatic heterocycles. The van der Waals surface area contributed by atoms with Gasteiger partial charge in [-0.25, -0.2) is 0 Å². The highest BCUT2D eigenvalue weighted by atomic mass is 32.1. The predicted octanol–water partition coefficient (Wildman–Crippen LogP) is 3.30. The number of anilines is 1. The minimum Gasteiger partial charge on any atom is -0.508 e. The monoisotopic (exact) mass is 264 g/mol. The Hall–Kier alpha value is -1.55. The van der Waals surface area contributed by atoms with Crippen LogP contribution >= 0.6 is 12.2 Å². The Morgan fingerprint density at radius 1 is 1.50 bits per heavy atom. The van der Waals surface area contributed by atoms with E-state index in [1.165, 1.54) is 0 Å². The molecule has 98 valence electrons. The first kappa shape index (κ1) is 14.5. The zero-order valence-corrected chi connectivity index (χ0v) is 11.9. The Bertz CT molecular complexity index is 455. The number of rotatable bonds is 4. The van der Waals surface area contributed by atoms with Crippen molar-refractivity contribution in [3.63, 3.8) is 0 Å². The number of phenols is 1. The quantitative estimate of drug-likeness (QED) is 0.443. The average Bonchev–Trinajstić information content (AvgIpc) is 2.29. The van der Waals surface area contributed by atoms with Gasteiger partial charge < -0.3 is 15.7 Å². The zero-order chi connectivity index (χ0) is 13.7. The average molecular weight is 264 g/mol. The number of thiocarbonyl (C=S) groups is 1. The smallest absolute Gasteiger partial charge is 0.171 e. The van der Waals surface area contributed by atoms with Crippen LogP contribution in [0.4, 0.5) is 5.69 Å². The number of phenolic OH excluding ortho intramolecular Hbond substituents is 1. The van der Waals surface area contributed by atoms with Gasteiger partial charge in [-0.05, 0) is 48.3 Å². The predicted molar refractivity (Wildman–Crippen MR) is 81.4 cm³/mol. The summed E-state index contributed by atoms with van der Waals surface area (Å²) in [4.78, 5) is 0. The van der Waals surface area contributed by atoms with Crippen LogP contribution < -0.4 is 10.6 Å². The van der Waals surface area contributed by atoms with Gasteiger partial charge in [-0.2, -0.15) is 0 Å². The van der Waals surface area contributed by atoms with E-state index >= 15 is 0 Å². The van der Waals surface area contributed by atoms with Crippen LogP contribution in [0, 0.1) is 6.92 Å². The summed E-state index contributed by atoms with van der Waals surface area (Å²) >= 11 is 5.17. The van der Waals surface area contributed by atoms with Crippen molar-refractivity contribution in [1.29, 1.82) is 0 Å². The molecule has 0 aliphatic rings. The number of hydrogen-bond donors (Lipinski definition) is 3. The third kappa shape index (κ3) is 3.74. The molecule has 0 saturated carbocycles. The maximum absolute atomic E-state index is 9.87. The molecule has 0 aliphatic carbocycles. The number of hydrogen-bond acceptors (Lipinski definition) is 2. The van der Waals surface area contributed by atoms with Crippen molar-refractivity contribution < 1.29 is 5.11 Å². The standard InChI is InChI=1S/C14H20N2OS/c1-5-6-15-14(18)16-12-8-11(9(2)3)13(17)7-10(12)4/h5,7-9,17H,1,6H2,2-4H3,(H2,15,16,18). The van der Waals surface area contributed by atoms with Crippen molar-refractivity contribution in [2.45, 2.75) is 26.7 Å². The Morgan fingerprint density at radius 2 is 2.17 bits per heavy atom. The molecule has 0 spiro atoms. The van der Waals surface area contributed by atoms with Crippen molar-refractivity contribution in [2.75, 3.05) is 11.9 Å². The fourth-order valence-electron chi connectivity index (χ4n) is 1.64. The normalized spacial score (nSPS) is 10.2. The van der Waals surface area contributed by atoms with E-state index in [2.05, 4.69) is 17.2 Å². The second kappa shape index (κ2) is 6.40. The van der Waals surface area contributed by atoms with Crippen molar-refractivity contribution in [3.05, 3.63) is 35.9 Å². The van der Waals surface area contributed by atoms with Crippen LogP contribution in [0.2, 0.25) is 0 Å². The molecule has 0 saturated heterocycles. The lowest BCUT2D eigenvalue weighted by atomic mass is 9.99. The van der Waals surface area contributed by atoms with Crippen molar-refractivity contribution >= 4 is 23.0 Å². The second-order valence-electron chi connectivity index (χ2n) is 4.50. The molecule has 0 heterocycles. The van der Waals surface area contributed by atoms with Crippen molar-refractivity contribution in [2.24, 2.45) is 0 Å². The third-order valence-electron chi connectivity index (χ3n) is 2.65. The summed E-state index contributed by atoms with van der Waals surface area (Å²) in [5.74, 6) is 0.596. The van der Waals surface area contributed by atoms with Crippen LogP contribution in [0.25, 0.3) is 0 Å². The first-order chi connectivity index (χ1) is 8.45. The summed E-state index contributed by atoms with van der Waals surface area (Å²) in [6, 6.07) is 3.70. The highest BCUT2D eigenvalue weighted by molar-refractivity contribution is 7.80. The topological polar surface area (TPSA) is 44.3 Å². The van der Waals surface area contributed by atoms with E-state index in [-0.39, 0.29) is 5.92 Å². The van der Waals surface area contributed by atoms with Gasteiger partial charge in [0.15, 0.2) is 5.11 Å². The Kier molecular flexibility index (Phi) is 5.16. The lowest BCUT2D eigenvalue weighted by Gasteiger charge is -2.16. The summed E-state index contributed by atoms with van der Waals surface area (Å²) in [5, 5.41) is 16.6. The molecule has 0 unspecified atom stereocenters. The van der Waals surface area contributed by atoms with Gasteiger partial charge in [-0.1, -0.05) is 19.9 Å². The Labute approximate surface area is 114 Å². The Balaban J connectivity index is 2.91. The summed E-state index contributed by atoms with van der Waals surface area (Å²) in [6.45, 7) is 10.3. The molecule has 1 rings (SSSR count). The molecular formula is C14H20N2OS. The first-order valence-electron chi connectivity index (χ1n) is 5.95. The van der Waals surface area contributed by atoms with E-state index < -0.39 is 0 Å². The van der Waals surface area contributed by atoms with E-state index in [4.69, 9.17) is 12.2 Å². The molecule has 0 fully saturated rings. The number of benzene rings is 1. The molecule has 0 bridgehead atoms. The largest absolute Gasteiger partial charge is 0.508 e. The number of nitrogens with one attached hydrogen (secondary N) is 2. The Morgan fingerprint density at radius 3 is 2.72 bits per heavy atom. The van der Waals surface area contributed by atoms with E-state index in [1.54, 1.807) is 12.1 Å². The molecule has 4 heteroatoms. The van der Waals surface area contributed by atoms with Crippen LogP contribution in [0.5, 0.6) is 5.75 Å². The highest BCUT2D eigenvalue weighted by Gasteiger charge is 2.10. The summed E-state index contributed by atoms with van der Waals surface area (Å²) in [7, 11) is 0. The first-order valence-corrected chi connectivity index (χ1v) is 6.35. The van der Waals surface area contributed by atoms with Gasteiger partial charge in [-0.15, -0.1) is 6.58 Å². The molecule has 3 N–H and O–H groups in total. The molecule has 1 aromatic rings. The van der Waals surface area contributed by atoms with Gasteiger partial charge in [0.25, 0.3) is 0 Å².